The van der Waals surface area contributed by atoms with Crippen LogP contribution in [0.1, 0.15) is 11.1 Å². The number of aliphatic imine (C=N–C) groups is 1. The van der Waals surface area contributed by atoms with Gasteiger partial charge in [0, 0.05) is 22.2 Å². The number of benzene rings is 2. The molecule has 0 spiro atoms. The summed E-state index contributed by atoms with van der Waals surface area (Å²) in [4.78, 5) is 4.35. The molecule has 1 heterocycles. The van der Waals surface area contributed by atoms with Crippen molar-refractivity contribution in [3.8, 4) is 0 Å². The van der Waals surface area contributed by atoms with Crippen molar-refractivity contribution in [1.82, 2.24) is 5.43 Å². The molecule has 0 bridgehead atoms. The van der Waals surface area contributed by atoms with Gasteiger partial charge in [0.15, 0.2) is 0 Å². The van der Waals surface area contributed by atoms with Crippen molar-refractivity contribution in [3.05, 3.63) is 76.2 Å². The predicted octanol–water partition coefficient (Wildman–Crippen LogP) is 4.36. The SMILES string of the molecule is Clc1ccc(/C=N/C2=NNC(c3ccccc3)=CS2)cc1. The van der Waals surface area contributed by atoms with Crippen LogP contribution in [-0.4, -0.2) is 11.4 Å². The van der Waals surface area contributed by atoms with Gasteiger partial charge in [0.25, 0.3) is 0 Å². The molecule has 21 heavy (non-hydrogen) atoms. The van der Waals surface area contributed by atoms with Gasteiger partial charge in [0.05, 0.1) is 5.70 Å². The van der Waals surface area contributed by atoms with Crippen molar-refractivity contribution in [3.63, 3.8) is 0 Å². The van der Waals surface area contributed by atoms with Crippen LogP contribution in [-0.2, 0) is 0 Å². The van der Waals surface area contributed by atoms with Gasteiger partial charge in [-0.1, -0.05) is 65.8 Å². The number of nitrogens with zero attached hydrogens (tertiary/aromatic N) is 2. The summed E-state index contributed by atoms with van der Waals surface area (Å²) in [6.07, 6.45) is 1.77. The molecule has 104 valence electrons. The lowest BCUT2D eigenvalue weighted by Crippen LogP contribution is -2.10. The van der Waals surface area contributed by atoms with Crippen LogP contribution in [0.25, 0.3) is 5.70 Å². The second-order valence-electron chi connectivity index (χ2n) is 4.33. The first-order chi connectivity index (χ1) is 10.3. The molecule has 0 amide bonds. The van der Waals surface area contributed by atoms with Gasteiger partial charge in [-0.3, -0.25) is 5.43 Å². The van der Waals surface area contributed by atoms with Crippen LogP contribution < -0.4 is 5.43 Å². The Hall–Kier alpha value is -2.04. The lowest BCUT2D eigenvalue weighted by Gasteiger charge is -2.11. The van der Waals surface area contributed by atoms with Crippen molar-refractivity contribution in [2.45, 2.75) is 0 Å². The summed E-state index contributed by atoms with van der Waals surface area (Å²) in [5.41, 5.74) is 6.09. The molecule has 0 unspecified atom stereocenters. The molecule has 0 fully saturated rings. The Morgan fingerprint density at radius 3 is 2.48 bits per heavy atom. The van der Waals surface area contributed by atoms with Crippen molar-refractivity contribution in [2.75, 3.05) is 0 Å². The summed E-state index contributed by atoms with van der Waals surface area (Å²) in [6.45, 7) is 0. The topological polar surface area (TPSA) is 36.8 Å². The van der Waals surface area contributed by atoms with E-state index in [4.69, 9.17) is 11.6 Å². The first-order valence-electron chi connectivity index (χ1n) is 6.37. The molecule has 3 nitrogen and oxygen atoms in total. The normalized spacial score (nSPS) is 14.5. The summed E-state index contributed by atoms with van der Waals surface area (Å²) in [5, 5.41) is 7.66. The zero-order chi connectivity index (χ0) is 14.5. The fourth-order valence-electron chi connectivity index (χ4n) is 1.76. The molecule has 0 radical (unpaired) electrons. The molecule has 0 aliphatic carbocycles. The lowest BCUT2D eigenvalue weighted by atomic mass is 10.2. The maximum absolute atomic E-state index is 5.84. The van der Waals surface area contributed by atoms with Gasteiger partial charge >= 0.3 is 0 Å². The van der Waals surface area contributed by atoms with Crippen molar-refractivity contribution < 1.29 is 0 Å². The van der Waals surface area contributed by atoms with E-state index >= 15 is 0 Å². The zero-order valence-electron chi connectivity index (χ0n) is 11.0. The van der Waals surface area contributed by atoms with E-state index in [1.54, 1.807) is 6.21 Å². The van der Waals surface area contributed by atoms with E-state index in [9.17, 15) is 0 Å². The Labute approximate surface area is 132 Å². The monoisotopic (exact) mass is 313 g/mol. The van der Waals surface area contributed by atoms with Gasteiger partial charge in [-0.25, -0.2) is 4.99 Å². The summed E-state index contributed by atoms with van der Waals surface area (Å²) in [7, 11) is 0. The molecule has 0 aromatic heterocycles. The number of nitrogens with one attached hydrogen (secondary N) is 1. The van der Waals surface area contributed by atoms with E-state index in [1.807, 2.05) is 60.0 Å². The molecule has 0 saturated carbocycles. The molecule has 2 aromatic rings. The quantitative estimate of drug-likeness (QED) is 0.836. The van der Waals surface area contributed by atoms with Crippen LogP contribution in [0.5, 0.6) is 0 Å². The highest BCUT2D eigenvalue weighted by atomic mass is 35.5. The van der Waals surface area contributed by atoms with Crippen LogP contribution in [0, 0.1) is 0 Å². The number of hydrogen-bond donors (Lipinski definition) is 1. The molecule has 0 saturated heterocycles. The van der Waals surface area contributed by atoms with E-state index in [-0.39, 0.29) is 0 Å². The predicted molar refractivity (Wildman–Crippen MR) is 91.6 cm³/mol. The molecular weight excluding hydrogens is 302 g/mol. The lowest BCUT2D eigenvalue weighted by molar-refractivity contribution is 0.992. The van der Waals surface area contributed by atoms with E-state index in [0.717, 1.165) is 16.8 Å². The highest BCUT2D eigenvalue weighted by Crippen LogP contribution is 2.21. The summed E-state index contributed by atoms with van der Waals surface area (Å²) >= 11 is 7.33. The minimum absolute atomic E-state index is 0.671. The fourth-order valence-corrected chi connectivity index (χ4v) is 2.51. The van der Waals surface area contributed by atoms with Crippen molar-refractivity contribution in [1.29, 1.82) is 0 Å². The largest absolute Gasteiger partial charge is 0.275 e. The number of halogens is 1. The number of rotatable bonds is 2. The van der Waals surface area contributed by atoms with Gasteiger partial charge in [-0.05, 0) is 17.7 Å². The van der Waals surface area contributed by atoms with Gasteiger partial charge in [-0.2, -0.15) is 0 Å². The molecule has 2 aromatic carbocycles. The van der Waals surface area contributed by atoms with E-state index in [1.165, 1.54) is 11.8 Å². The minimum atomic E-state index is 0.671. The second kappa shape index (κ2) is 6.61. The molecule has 1 aliphatic heterocycles. The number of amidine groups is 1. The molecular formula is C16H12ClN3S. The summed E-state index contributed by atoms with van der Waals surface area (Å²) in [6, 6.07) is 17.6. The van der Waals surface area contributed by atoms with Crippen LogP contribution in [0.15, 0.2) is 70.1 Å². The highest BCUT2D eigenvalue weighted by Gasteiger charge is 2.07. The minimum Gasteiger partial charge on any atom is -0.275 e. The molecule has 1 N–H and O–H groups in total. The first kappa shape index (κ1) is 13.9. The number of thioether (sulfide) groups is 1. The molecule has 5 heteroatoms. The van der Waals surface area contributed by atoms with Crippen LogP contribution in [0.4, 0.5) is 0 Å². The second-order valence-corrected chi connectivity index (χ2v) is 5.60. The van der Waals surface area contributed by atoms with Gasteiger partial charge in [0.1, 0.15) is 0 Å². The molecule has 0 atom stereocenters. The Balaban J connectivity index is 1.65. The standard InChI is InChI=1S/C16H12ClN3S/c17-14-8-6-12(7-9-14)10-18-16-20-19-15(11-21-16)13-4-2-1-3-5-13/h1-11,19H/b18-10+. The Kier molecular flexibility index (Phi) is 4.38. The maximum Gasteiger partial charge on any atom is 0.210 e. The van der Waals surface area contributed by atoms with E-state index < -0.39 is 0 Å². The van der Waals surface area contributed by atoms with Gasteiger partial charge in [-0.15, -0.1) is 5.10 Å². The number of hydrazone groups is 1. The molecule has 1 aliphatic rings. The smallest absolute Gasteiger partial charge is 0.210 e. The van der Waals surface area contributed by atoms with Gasteiger partial charge < -0.3 is 0 Å². The van der Waals surface area contributed by atoms with Gasteiger partial charge in [0.2, 0.25) is 5.17 Å². The average Bonchev–Trinajstić information content (AvgIpc) is 2.56. The Morgan fingerprint density at radius 1 is 1.05 bits per heavy atom. The third kappa shape index (κ3) is 3.74. The number of hydrogen-bond acceptors (Lipinski definition) is 4. The summed E-state index contributed by atoms with van der Waals surface area (Å²) in [5.74, 6) is 0. The van der Waals surface area contributed by atoms with E-state index in [2.05, 4.69) is 15.5 Å². The maximum atomic E-state index is 5.84. The fraction of sp³-hybridized carbons (Fsp3) is 0. The van der Waals surface area contributed by atoms with Crippen LogP contribution in [0.2, 0.25) is 5.02 Å². The van der Waals surface area contributed by atoms with Crippen molar-refractivity contribution >= 4 is 40.4 Å². The Bertz CT molecular complexity index is 706. The van der Waals surface area contributed by atoms with E-state index in [0.29, 0.717) is 10.2 Å². The third-order valence-corrected chi connectivity index (χ3v) is 3.85. The first-order valence-corrected chi connectivity index (χ1v) is 7.62. The zero-order valence-corrected chi connectivity index (χ0v) is 12.6. The average molecular weight is 314 g/mol. The van der Waals surface area contributed by atoms with Crippen LogP contribution >= 0.6 is 23.4 Å². The molecule has 3 rings (SSSR count). The Morgan fingerprint density at radius 2 is 1.81 bits per heavy atom. The third-order valence-electron chi connectivity index (χ3n) is 2.83. The van der Waals surface area contributed by atoms with Crippen LogP contribution in [0.3, 0.4) is 0 Å². The van der Waals surface area contributed by atoms with Crippen molar-refractivity contribution in [2.24, 2.45) is 10.1 Å². The summed E-state index contributed by atoms with van der Waals surface area (Å²) < 4.78 is 0. The highest BCUT2D eigenvalue weighted by molar-refractivity contribution is 8.16.